The summed E-state index contributed by atoms with van der Waals surface area (Å²) in [6.07, 6.45) is 8.12. The predicted molar refractivity (Wildman–Crippen MR) is 167 cm³/mol. The van der Waals surface area contributed by atoms with Gasteiger partial charge in [0.1, 0.15) is 5.82 Å². The standard InChI is InChI=1S/C32H31N9O/c1-4-28(42)37-24-9-10-26-21(17-24)11-16-34-29(26)25-8-6-5-7-22(25)18-35-32-40-31(38-23-12-14-33-15-13-23)39-30-27(20(2)3)19-36-41(30)32/h4-17,19-20,31,39H,1,18H2,2-3H3,(H,33,38)(H,35,40)(H,37,42). The smallest absolute Gasteiger partial charge is 0.247 e. The number of nitrogens with one attached hydrogen (secondary N) is 4. The van der Waals surface area contributed by atoms with Crippen molar-refractivity contribution in [2.24, 2.45) is 4.99 Å². The van der Waals surface area contributed by atoms with Crippen LogP contribution in [0.4, 0.5) is 17.2 Å². The highest BCUT2D eigenvalue weighted by Crippen LogP contribution is 2.31. The first-order valence-electron chi connectivity index (χ1n) is 13.7. The van der Waals surface area contributed by atoms with Gasteiger partial charge in [0.2, 0.25) is 11.9 Å². The van der Waals surface area contributed by atoms with E-state index in [0.717, 1.165) is 44.7 Å². The highest BCUT2D eigenvalue weighted by atomic mass is 16.1. The van der Waals surface area contributed by atoms with Crippen LogP contribution in [-0.4, -0.2) is 37.9 Å². The van der Waals surface area contributed by atoms with E-state index in [0.29, 0.717) is 18.2 Å². The van der Waals surface area contributed by atoms with Crippen LogP contribution in [-0.2, 0) is 11.3 Å². The molecule has 0 spiro atoms. The molecule has 0 bridgehead atoms. The first kappa shape index (κ1) is 26.7. The van der Waals surface area contributed by atoms with Crippen LogP contribution in [0.1, 0.15) is 30.9 Å². The van der Waals surface area contributed by atoms with Crippen molar-refractivity contribution in [2.45, 2.75) is 32.6 Å². The van der Waals surface area contributed by atoms with Crippen LogP contribution in [0.15, 0.2) is 103 Å². The lowest BCUT2D eigenvalue weighted by molar-refractivity contribution is -0.111. The zero-order valence-corrected chi connectivity index (χ0v) is 23.4. The normalized spacial score (nSPS) is 15.1. The number of hydrogen-bond donors (Lipinski definition) is 4. The molecule has 6 rings (SSSR count). The highest BCUT2D eigenvalue weighted by Gasteiger charge is 2.26. The van der Waals surface area contributed by atoms with E-state index in [4.69, 9.17) is 9.98 Å². The average molecular weight is 558 g/mol. The number of aromatic nitrogens is 4. The van der Waals surface area contributed by atoms with Crippen LogP contribution >= 0.6 is 0 Å². The van der Waals surface area contributed by atoms with Crippen molar-refractivity contribution >= 4 is 39.8 Å². The summed E-state index contributed by atoms with van der Waals surface area (Å²) in [5.41, 5.74) is 5.59. The van der Waals surface area contributed by atoms with Crippen LogP contribution in [0.3, 0.4) is 0 Å². The number of fused-ring (bicyclic) bond motifs is 2. The summed E-state index contributed by atoms with van der Waals surface area (Å²) in [5.74, 6) is 1.56. The maximum atomic E-state index is 11.8. The maximum Gasteiger partial charge on any atom is 0.247 e. The van der Waals surface area contributed by atoms with Gasteiger partial charge in [-0.2, -0.15) is 9.78 Å². The van der Waals surface area contributed by atoms with Gasteiger partial charge in [0, 0.05) is 46.5 Å². The Kier molecular flexibility index (Phi) is 7.33. The van der Waals surface area contributed by atoms with Gasteiger partial charge in [-0.25, -0.2) is 4.99 Å². The number of carbonyl (C=O) groups excluding carboxylic acids is 1. The third-order valence-corrected chi connectivity index (χ3v) is 7.05. The van der Waals surface area contributed by atoms with Crippen LogP contribution in [0.5, 0.6) is 0 Å². The van der Waals surface area contributed by atoms with Gasteiger partial charge in [0.05, 0.1) is 18.4 Å². The van der Waals surface area contributed by atoms with E-state index in [2.05, 4.69) is 63.9 Å². The molecule has 0 fully saturated rings. The molecule has 1 atom stereocenters. The molecule has 210 valence electrons. The summed E-state index contributed by atoms with van der Waals surface area (Å²) in [5, 5.41) is 19.8. The van der Waals surface area contributed by atoms with E-state index in [-0.39, 0.29) is 18.1 Å². The molecular weight excluding hydrogens is 526 g/mol. The number of benzene rings is 2. The molecule has 2 aromatic carbocycles. The minimum Gasteiger partial charge on any atom is -0.348 e. The lowest BCUT2D eigenvalue weighted by Crippen LogP contribution is -2.53. The zero-order valence-electron chi connectivity index (χ0n) is 23.4. The highest BCUT2D eigenvalue weighted by molar-refractivity contribution is 6.02. The summed E-state index contributed by atoms with van der Waals surface area (Å²) in [4.78, 5) is 25.7. The van der Waals surface area contributed by atoms with Crippen molar-refractivity contribution in [3.8, 4) is 11.3 Å². The van der Waals surface area contributed by atoms with Crippen LogP contribution in [0, 0.1) is 0 Å². The SMILES string of the molecule is C=CC(=O)Nc1ccc2c(-c3ccccc3CN=C3NC(Nc4ccncc4)Nc4c(C(C)C)cnn43)nccc2c1. The Labute approximate surface area is 243 Å². The molecule has 0 saturated carbocycles. The Bertz CT molecular complexity index is 1790. The first-order valence-corrected chi connectivity index (χ1v) is 13.7. The first-order chi connectivity index (χ1) is 20.5. The topological polar surface area (TPSA) is 121 Å². The minimum atomic E-state index is -0.307. The van der Waals surface area contributed by atoms with Gasteiger partial charge in [-0.1, -0.05) is 50.8 Å². The monoisotopic (exact) mass is 557 g/mol. The van der Waals surface area contributed by atoms with Gasteiger partial charge in [0.15, 0.2) is 6.29 Å². The predicted octanol–water partition coefficient (Wildman–Crippen LogP) is 5.56. The number of pyridine rings is 2. The molecule has 5 aromatic rings. The van der Waals surface area contributed by atoms with E-state index in [1.54, 1.807) is 18.6 Å². The average Bonchev–Trinajstić information content (AvgIpc) is 3.45. The number of rotatable bonds is 8. The molecule has 1 aliphatic rings. The van der Waals surface area contributed by atoms with Gasteiger partial charge < -0.3 is 21.3 Å². The van der Waals surface area contributed by atoms with Gasteiger partial charge in [0.25, 0.3) is 0 Å². The van der Waals surface area contributed by atoms with Crippen molar-refractivity contribution in [1.82, 2.24) is 25.1 Å². The Morgan fingerprint density at radius 1 is 1.07 bits per heavy atom. The third kappa shape index (κ3) is 5.42. The number of nitrogens with zero attached hydrogens (tertiary/aromatic N) is 5. The van der Waals surface area contributed by atoms with Crippen LogP contribution in [0.2, 0.25) is 0 Å². The molecule has 1 aliphatic heterocycles. The molecule has 1 unspecified atom stereocenters. The second-order valence-electron chi connectivity index (χ2n) is 10.2. The van der Waals surface area contributed by atoms with E-state index in [1.807, 2.05) is 59.4 Å². The molecule has 42 heavy (non-hydrogen) atoms. The van der Waals surface area contributed by atoms with Gasteiger partial charge in [-0.05, 0) is 53.3 Å². The van der Waals surface area contributed by atoms with Gasteiger partial charge >= 0.3 is 0 Å². The van der Waals surface area contributed by atoms with Crippen LogP contribution in [0.25, 0.3) is 22.0 Å². The van der Waals surface area contributed by atoms with E-state index >= 15 is 0 Å². The fourth-order valence-electron chi connectivity index (χ4n) is 4.96. The molecule has 10 nitrogen and oxygen atoms in total. The fourth-order valence-corrected chi connectivity index (χ4v) is 4.96. The van der Waals surface area contributed by atoms with Crippen LogP contribution < -0.4 is 21.3 Å². The van der Waals surface area contributed by atoms with Crippen molar-refractivity contribution in [3.05, 3.63) is 109 Å². The quantitative estimate of drug-likeness (QED) is 0.184. The summed E-state index contributed by atoms with van der Waals surface area (Å²) in [6.45, 7) is 8.22. The summed E-state index contributed by atoms with van der Waals surface area (Å²) in [6, 6.07) is 19.7. The Hall–Kier alpha value is -5.51. The summed E-state index contributed by atoms with van der Waals surface area (Å²) in [7, 11) is 0. The largest absolute Gasteiger partial charge is 0.348 e. The van der Waals surface area contributed by atoms with Crippen molar-refractivity contribution in [2.75, 3.05) is 16.0 Å². The second-order valence-corrected chi connectivity index (χ2v) is 10.2. The molecular formula is C32H31N9O. The summed E-state index contributed by atoms with van der Waals surface area (Å²) >= 11 is 0. The minimum absolute atomic E-state index is 0.251. The molecule has 3 aromatic heterocycles. The zero-order chi connectivity index (χ0) is 29.1. The van der Waals surface area contributed by atoms with E-state index in [1.165, 1.54) is 6.08 Å². The van der Waals surface area contributed by atoms with Crippen molar-refractivity contribution in [1.29, 1.82) is 0 Å². The van der Waals surface area contributed by atoms with Crippen molar-refractivity contribution < 1.29 is 4.79 Å². The fraction of sp³-hybridized carbons (Fsp3) is 0.156. The molecule has 0 radical (unpaired) electrons. The van der Waals surface area contributed by atoms with E-state index in [9.17, 15) is 4.79 Å². The number of anilines is 3. The second kappa shape index (κ2) is 11.5. The number of hydrogen-bond acceptors (Lipinski definition) is 7. The Morgan fingerprint density at radius 3 is 2.71 bits per heavy atom. The van der Waals surface area contributed by atoms with Gasteiger partial charge in [-0.15, -0.1) is 0 Å². The lowest BCUT2D eigenvalue weighted by atomic mass is 9.99. The van der Waals surface area contributed by atoms with E-state index < -0.39 is 0 Å². The number of carbonyl (C=O) groups is 1. The molecule has 0 saturated heterocycles. The molecule has 1 amide bonds. The number of aliphatic imine (C=N–C) groups is 1. The van der Waals surface area contributed by atoms with Gasteiger partial charge in [-0.3, -0.25) is 14.8 Å². The maximum absolute atomic E-state index is 11.8. The third-order valence-electron chi connectivity index (χ3n) is 7.05. The molecule has 4 N–H and O–H groups in total. The Balaban J connectivity index is 1.34. The van der Waals surface area contributed by atoms with Crippen molar-refractivity contribution in [3.63, 3.8) is 0 Å². The summed E-state index contributed by atoms with van der Waals surface area (Å²) < 4.78 is 1.82. The molecule has 4 heterocycles. The Morgan fingerprint density at radius 2 is 1.90 bits per heavy atom. The number of amides is 1. The lowest BCUT2D eigenvalue weighted by Gasteiger charge is -2.31. The molecule has 10 heteroatoms. The molecule has 0 aliphatic carbocycles.